The second-order valence-corrected chi connectivity index (χ2v) is 9.80. The first-order valence-electron chi connectivity index (χ1n) is 12.8. The van der Waals surface area contributed by atoms with Gasteiger partial charge in [-0.2, -0.15) is 5.10 Å². The lowest BCUT2D eigenvalue weighted by Crippen LogP contribution is -2.47. The number of likely N-dealkylation sites (tertiary alicyclic amines) is 1. The zero-order valence-electron chi connectivity index (χ0n) is 21.6. The number of ether oxygens (including phenoxy) is 1. The molecule has 36 heavy (non-hydrogen) atoms. The molecule has 2 heterocycles. The molecule has 192 valence electrons. The number of aliphatic hydroxyl groups is 1. The van der Waals surface area contributed by atoms with Crippen LogP contribution in [0.4, 0.5) is 0 Å². The number of carbonyl (C=O) groups is 1. The molecule has 0 spiro atoms. The number of hydrogen-bond donors (Lipinski definition) is 1. The van der Waals surface area contributed by atoms with E-state index in [1.165, 1.54) is 11.1 Å². The lowest BCUT2D eigenvalue weighted by Gasteiger charge is -2.40. The highest BCUT2D eigenvalue weighted by atomic mass is 16.5. The molecule has 0 radical (unpaired) electrons. The Labute approximate surface area is 214 Å². The molecular formula is C29H38N4O3. The molecule has 7 heteroatoms. The van der Waals surface area contributed by atoms with E-state index in [4.69, 9.17) is 9.84 Å². The number of amides is 1. The number of aliphatic hydroxyl groups excluding tert-OH is 1. The Morgan fingerprint density at radius 2 is 1.83 bits per heavy atom. The van der Waals surface area contributed by atoms with Gasteiger partial charge in [0, 0.05) is 26.7 Å². The quantitative estimate of drug-likeness (QED) is 0.469. The second-order valence-electron chi connectivity index (χ2n) is 9.80. The van der Waals surface area contributed by atoms with Crippen LogP contribution in [0.25, 0.3) is 0 Å². The van der Waals surface area contributed by atoms with Crippen molar-refractivity contribution in [1.29, 1.82) is 0 Å². The molecule has 3 aromatic rings. The fourth-order valence-corrected chi connectivity index (χ4v) is 5.27. The van der Waals surface area contributed by atoms with E-state index in [9.17, 15) is 4.79 Å². The first-order valence-corrected chi connectivity index (χ1v) is 12.8. The fourth-order valence-electron chi connectivity index (χ4n) is 5.27. The average molecular weight is 491 g/mol. The Bertz CT molecular complexity index is 1120. The molecule has 0 saturated carbocycles. The van der Waals surface area contributed by atoms with Gasteiger partial charge in [-0.15, -0.1) is 0 Å². The summed E-state index contributed by atoms with van der Waals surface area (Å²) in [6.07, 6.45) is 2.93. The third-order valence-corrected chi connectivity index (χ3v) is 7.17. The van der Waals surface area contributed by atoms with Crippen molar-refractivity contribution in [2.75, 3.05) is 33.4 Å². The number of aryl methyl sites for hydroxylation is 2. The van der Waals surface area contributed by atoms with E-state index >= 15 is 0 Å². The predicted octanol–water partition coefficient (Wildman–Crippen LogP) is 3.70. The van der Waals surface area contributed by atoms with Gasteiger partial charge in [0.05, 0.1) is 12.3 Å². The SMILES string of the molecule is Cc1cc(C(=O)N(C)C(Cc2ccccc2)C2CCN(Cc3cccc(OCCO)c3)CC2)n(C)n1. The average Bonchev–Trinajstić information content (AvgIpc) is 3.24. The monoisotopic (exact) mass is 490 g/mol. The van der Waals surface area contributed by atoms with Gasteiger partial charge >= 0.3 is 0 Å². The standard InChI is InChI=1S/C29H38N4O3/c1-22-18-28(32(3)30-22)29(35)31(2)27(20-23-8-5-4-6-9-23)25-12-14-33(15-13-25)21-24-10-7-11-26(19-24)36-17-16-34/h4-11,18-19,25,27,34H,12-17,20-21H2,1-3H3. The minimum absolute atomic E-state index is 0.0129. The number of hydrogen-bond acceptors (Lipinski definition) is 5. The van der Waals surface area contributed by atoms with E-state index in [-0.39, 0.29) is 18.6 Å². The van der Waals surface area contributed by atoms with Gasteiger partial charge in [0.25, 0.3) is 5.91 Å². The lowest BCUT2D eigenvalue weighted by molar-refractivity contribution is 0.0575. The Hall–Kier alpha value is -3.16. The molecule has 1 N–H and O–H groups in total. The Morgan fingerprint density at radius 3 is 2.50 bits per heavy atom. The van der Waals surface area contributed by atoms with Gasteiger partial charge < -0.3 is 14.7 Å². The lowest BCUT2D eigenvalue weighted by atomic mass is 9.84. The van der Waals surface area contributed by atoms with Crippen LogP contribution >= 0.6 is 0 Å². The third kappa shape index (κ3) is 6.53. The number of carbonyl (C=O) groups excluding carboxylic acids is 1. The van der Waals surface area contributed by atoms with Crippen LogP contribution < -0.4 is 4.74 Å². The minimum Gasteiger partial charge on any atom is -0.491 e. The smallest absolute Gasteiger partial charge is 0.272 e. The van der Waals surface area contributed by atoms with E-state index in [1.807, 2.05) is 50.2 Å². The van der Waals surface area contributed by atoms with Gasteiger partial charge in [0.2, 0.25) is 0 Å². The summed E-state index contributed by atoms with van der Waals surface area (Å²) in [6, 6.07) is 20.6. The van der Waals surface area contributed by atoms with E-state index in [0.717, 1.165) is 50.3 Å². The largest absolute Gasteiger partial charge is 0.491 e. The van der Waals surface area contributed by atoms with Crippen molar-refractivity contribution in [1.82, 2.24) is 19.6 Å². The van der Waals surface area contributed by atoms with Crippen LogP contribution in [-0.4, -0.2) is 70.0 Å². The van der Waals surface area contributed by atoms with Gasteiger partial charge in [-0.1, -0.05) is 42.5 Å². The highest BCUT2D eigenvalue weighted by Crippen LogP contribution is 2.28. The minimum atomic E-state index is 0.0129. The highest BCUT2D eigenvalue weighted by molar-refractivity contribution is 5.92. The van der Waals surface area contributed by atoms with Crippen LogP contribution in [0.15, 0.2) is 60.7 Å². The normalized spacial score (nSPS) is 15.6. The number of rotatable bonds is 10. The molecule has 4 rings (SSSR count). The Morgan fingerprint density at radius 1 is 1.11 bits per heavy atom. The van der Waals surface area contributed by atoms with E-state index in [1.54, 1.807) is 4.68 Å². The van der Waals surface area contributed by atoms with Crippen LogP contribution in [0.2, 0.25) is 0 Å². The molecule has 0 aliphatic carbocycles. The highest BCUT2D eigenvalue weighted by Gasteiger charge is 2.33. The summed E-state index contributed by atoms with van der Waals surface area (Å²) in [5.74, 6) is 1.25. The van der Waals surface area contributed by atoms with Crippen LogP contribution in [0.1, 0.15) is 40.2 Å². The number of likely N-dealkylation sites (N-methyl/N-ethyl adjacent to an activating group) is 1. The fraction of sp³-hybridized carbons (Fsp3) is 0.448. The summed E-state index contributed by atoms with van der Waals surface area (Å²) in [4.78, 5) is 17.9. The zero-order chi connectivity index (χ0) is 25.5. The number of aromatic nitrogens is 2. The number of benzene rings is 2. The van der Waals surface area contributed by atoms with Gasteiger partial charge in [-0.3, -0.25) is 14.4 Å². The molecule has 7 nitrogen and oxygen atoms in total. The van der Waals surface area contributed by atoms with Gasteiger partial charge in [-0.05, 0) is 74.5 Å². The van der Waals surface area contributed by atoms with E-state index < -0.39 is 0 Å². The van der Waals surface area contributed by atoms with Crippen molar-refractivity contribution in [3.63, 3.8) is 0 Å². The van der Waals surface area contributed by atoms with Crippen molar-refractivity contribution in [3.8, 4) is 5.75 Å². The number of piperidine rings is 1. The number of nitrogens with zero attached hydrogens (tertiary/aromatic N) is 4. The molecule has 1 saturated heterocycles. The summed E-state index contributed by atoms with van der Waals surface area (Å²) in [5, 5.41) is 13.4. The summed E-state index contributed by atoms with van der Waals surface area (Å²) < 4.78 is 7.26. The zero-order valence-corrected chi connectivity index (χ0v) is 21.6. The van der Waals surface area contributed by atoms with Gasteiger partial charge in [0.1, 0.15) is 18.1 Å². The van der Waals surface area contributed by atoms with Gasteiger partial charge in [0.15, 0.2) is 0 Å². The van der Waals surface area contributed by atoms with Crippen molar-refractivity contribution in [2.45, 2.75) is 38.8 Å². The molecule has 1 aromatic heterocycles. The maximum Gasteiger partial charge on any atom is 0.272 e. The molecule has 1 atom stereocenters. The maximum atomic E-state index is 13.5. The van der Waals surface area contributed by atoms with Crippen LogP contribution in [0, 0.1) is 12.8 Å². The van der Waals surface area contributed by atoms with Crippen molar-refractivity contribution < 1.29 is 14.6 Å². The Kier molecular flexibility index (Phi) is 8.78. The molecule has 0 bridgehead atoms. The molecular weight excluding hydrogens is 452 g/mol. The first-order chi connectivity index (χ1) is 17.4. The van der Waals surface area contributed by atoms with Crippen LogP contribution in [-0.2, 0) is 20.0 Å². The molecule has 2 aromatic carbocycles. The van der Waals surface area contributed by atoms with E-state index in [0.29, 0.717) is 18.2 Å². The van der Waals surface area contributed by atoms with E-state index in [2.05, 4.69) is 46.4 Å². The molecule has 1 amide bonds. The Balaban J connectivity index is 1.44. The third-order valence-electron chi connectivity index (χ3n) is 7.17. The molecule has 1 aliphatic heterocycles. The maximum absolute atomic E-state index is 13.5. The second kappa shape index (κ2) is 12.2. The predicted molar refractivity (Wildman–Crippen MR) is 141 cm³/mol. The summed E-state index contributed by atoms with van der Waals surface area (Å²) in [5.41, 5.74) is 3.95. The van der Waals surface area contributed by atoms with Crippen molar-refractivity contribution in [2.24, 2.45) is 13.0 Å². The van der Waals surface area contributed by atoms with Crippen LogP contribution in [0.5, 0.6) is 5.75 Å². The van der Waals surface area contributed by atoms with Crippen LogP contribution in [0.3, 0.4) is 0 Å². The summed E-state index contributed by atoms with van der Waals surface area (Å²) >= 11 is 0. The van der Waals surface area contributed by atoms with Crippen molar-refractivity contribution in [3.05, 3.63) is 83.2 Å². The first kappa shape index (κ1) is 25.9. The topological polar surface area (TPSA) is 70.8 Å². The summed E-state index contributed by atoms with van der Waals surface area (Å²) in [7, 11) is 3.78. The van der Waals surface area contributed by atoms with Crippen molar-refractivity contribution >= 4 is 5.91 Å². The molecule has 1 aliphatic rings. The molecule has 1 unspecified atom stereocenters. The van der Waals surface area contributed by atoms with Gasteiger partial charge in [-0.25, -0.2) is 0 Å². The molecule has 1 fully saturated rings. The summed E-state index contributed by atoms with van der Waals surface area (Å²) in [6.45, 7) is 5.09.